The summed E-state index contributed by atoms with van der Waals surface area (Å²) in [6.07, 6.45) is 1.43. The number of aromatic nitrogens is 1. The lowest BCUT2D eigenvalue weighted by molar-refractivity contribution is 0.625. The van der Waals surface area contributed by atoms with Crippen LogP contribution in [0.4, 0.5) is 10.1 Å². The van der Waals surface area contributed by atoms with Crippen molar-refractivity contribution in [1.29, 1.82) is 0 Å². The van der Waals surface area contributed by atoms with Gasteiger partial charge in [-0.05, 0) is 12.5 Å². The molecule has 76 valence electrons. The van der Waals surface area contributed by atoms with Gasteiger partial charge in [0.05, 0.1) is 5.69 Å². The number of hydrogen-bond donors (Lipinski definition) is 1. The van der Waals surface area contributed by atoms with Gasteiger partial charge < -0.3 is 5.73 Å². The molecule has 1 aromatic heterocycles. The largest absolute Gasteiger partial charge is 0.396 e. The van der Waals surface area contributed by atoms with Gasteiger partial charge in [0.2, 0.25) is 0 Å². The smallest absolute Gasteiger partial charge is 0.183 e. The van der Waals surface area contributed by atoms with Crippen molar-refractivity contribution in [1.82, 2.24) is 4.98 Å². The predicted octanol–water partition coefficient (Wildman–Crippen LogP) is 2.90. The van der Waals surface area contributed by atoms with Crippen molar-refractivity contribution in [3.8, 4) is 0 Å². The van der Waals surface area contributed by atoms with Crippen molar-refractivity contribution < 1.29 is 4.39 Å². The fourth-order valence-electron chi connectivity index (χ4n) is 0.564. The normalized spacial score (nSPS) is 8.08. The summed E-state index contributed by atoms with van der Waals surface area (Å²) in [4.78, 5) is 3.55. The van der Waals surface area contributed by atoms with Gasteiger partial charge in [0, 0.05) is 6.20 Å². The summed E-state index contributed by atoms with van der Waals surface area (Å²) < 4.78 is 12.7. The van der Waals surface area contributed by atoms with E-state index in [2.05, 4.69) is 4.98 Å². The maximum absolute atomic E-state index is 12.7. The second kappa shape index (κ2) is 6.97. The van der Waals surface area contributed by atoms with Crippen LogP contribution < -0.4 is 5.73 Å². The molecule has 0 saturated carbocycles. The zero-order valence-corrected chi connectivity index (χ0v) is 9.61. The lowest BCUT2D eigenvalue weighted by atomic mass is 10.3. The molecule has 2 nitrogen and oxygen atoms in total. The van der Waals surface area contributed by atoms with Crippen molar-refractivity contribution in [2.45, 2.75) is 20.8 Å². The molecule has 0 bridgehead atoms. The van der Waals surface area contributed by atoms with E-state index in [1.165, 1.54) is 6.20 Å². The van der Waals surface area contributed by atoms with Gasteiger partial charge in [0.25, 0.3) is 0 Å². The second-order valence-electron chi connectivity index (χ2n) is 1.96. The van der Waals surface area contributed by atoms with Crippen LogP contribution in [0.5, 0.6) is 0 Å². The summed E-state index contributed by atoms with van der Waals surface area (Å²) in [5.41, 5.74) is 5.95. The van der Waals surface area contributed by atoms with Crippen LogP contribution in [-0.2, 0) is 0 Å². The first-order valence-electron chi connectivity index (χ1n) is 3.69. The number of rotatable bonds is 0. The van der Waals surface area contributed by atoms with E-state index in [4.69, 9.17) is 17.3 Å². The maximum Gasteiger partial charge on any atom is 0.183 e. The molecule has 13 heavy (non-hydrogen) atoms. The highest BCUT2D eigenvalue weighted by molar-refractivity contribution is 7.59. The molecule has 0 aromatic carbocycles. The molecule has 1 rings (SSSR count). The Morgan fingerprint density at radius 3 is 2.31 bits per heavy atom. The Labute approximate surface area is 89.8 Å². The topological polar surface area (TPSA) is 38.9 Å². The summed E-state index contributed by atoms with van der Waals surface area (Å²) in [6.45, 7) is 5.67. The molecule has 1 heterocycles. The fourth-order valence-corrected chi connectivity index (χ4v) is 0.715. The van der Waals surface area contributed by atoms with E-state index in [-0.39, 0.29) is 24.3 Å². The summed E-state index contributed by atoms with van der Waals surface area (Å²) in [5.74, 6) is -0.637. The van der Waals surface area contributed by atoms with Crippen LogP contribution >= 0.6 is 25.1 Å². The average molecular weight is 225 g/mol. The molecule has 0 aliphatic carbocycles. The molecule has 0 radical (unpaired) electrons. The molecule has 0 amide bonds. The van der Waals surface area contributed by atoms with Crippen LogP contribution in [0.15, 0.2) is 6.20 Å². The number of hydrogen-bond acceptors (Lipinski definition) is 2. The zero-order valence-electron chi connectivity index (χ0n) is 7.86. The van der Waals surface area contributed by atoms with E-state index in [0.717, 1.165) is 0 Å². The Bertz CT molecular complexity index is 242. The highest BCUT2D eigenvalue weighted by Gasteiger charge is 2.06. The molecule has 1 aromatic rings. The molecule has 0 fully saturated rings. The van der Waals surface area contributed by atoms with E-state index in [9.17, 15) is 4.39 Å². The third kappa shape index (κ3) is 3.83. The lowest BCUT2D eigenvalue weighted by Gasteiger charge is -2.00. The fraction of sp³-hybridized carbons (Fsp3) is 0.375. The summed E-state index contributed by atoms with van der Waals surface area (Å²) in [6, 6.07) is 0. The number of anilines is 1. The molecule has 0 aliphatic heterocycles. The van der Waals surface area contributed by atoms with Crippen LogP contribution in [0, 0.1) is 12.7 Å². The minimum atomic E-state index is -0.637. The maximum atomic E-state index is 12.7. The summed E-state index contributed by atoms with van der Waals surface area (Å²) in [7, 11) is 0. The van der Waals surface area contributed by atoms with Gasteiger partial charge in [-0.3, -0.25) is 0 Å². The third-order valence-corrected chi connectivity index (χ3v) is 1.48. The first-order chi connectivity index (χ1) is 5.63. The van der Waals surface area contributed by atoms with Crippen molar-refractivity contribution in [2.24, 2.45) is 0 Å². The van der Waals surface area contributed by atoms with Crippen molar-refractivity contribution in [2.75, 3.05) is 5.73 Å². The molecular formula is C8H14ClFN2S. The van der Waals surface area contributed by atoms with Gasteiger partial charge in [-0.15, -0.1) is 0 Å². The SMILES string of the molecule is CC.Cc1cnc(Cl)c(F)c1N.S. The van der Waals surface area contributed by atoms with Gasteiger partial charge in [-0.1, -0.05) is 25.4 Å². The third-order valence-electron chi connectivity index (χ3n) is 1.21. The van der Waals surface area contributed by atoms with Crippen LogP contribution in [0.3, 0.4) is 0 Å². The van der Waals surface area contributed by atoms with Crippen LogP contribution in [0.2, 0.25) is 5.15 Å². The van der Waals surface area contributed by atoms with Gasteiger partial charge >= 0.3 is 0 Å². The minimum absolute atomic E-state index is 0. The number of nitrogens with two attached hydrogens (primary N) is 1. The first kappa shape index (κ1) is 15.0. The van der Waals surface area contributed by atoms with Gasteiger partial charge in [0.1, 0.15) is 0 Å². The number of pyridine rings is 1. The molecule has 2 N–H and O–H groups in total. The molecule has 0 unspecified atom stereocenters. The quantitative estimate of drug-likeness (QED) is 0.689. The van der Waals surface area contributed by atoms with Crippen molar-refractivity contribution in [3.05, 3.63) is 22.7 Å². The van der Waals surface area contributed by atoms with Gasteiger partial charge in [-0.2, -0.15) is 13.5 Å². The molecule has 0 aliphatic rings. The lowest BCUT2D eigenvalue weighted by Crippen LogP contribution is -1.96. The van der Waals surface area contributed by atoms with E-state index in [1.54, 1.807) is 6.92 Å². The monoisotopic (exact) mass is 224 g/mol. The molecule has 5 heteroatoms. The van der Waals surface area contributed by atoms with Crippen LogP contribution in [0.25, 0.3) is 0 Å². The van der Waals surface area contributed by atoms with Crippen molar-refractivity contribution in [3.63, 3.8) is 0 Å². The number of nitrogen functional groups attached to an aromatic ring is 1. The minimum Gasteiger partial charge on any atom is -0.396 e. The van der Waals surface area contributed by atoms with Gasteiger partial charge in [-0.25, -0.2) is 9.37 Å². The van der Waals surface area contributed by atoms with E-state index in [0.29, 0.717) is 5.56 Å². The van der Waals surface area contributed by atoms with E-state index < -0.39 is 5.82 Å². The summed E-state index contributed by atoms with van der Waals surface area (Å²) in [5, 5.41) is -0.178. The van der Waals surface area contributed by atoms with Crippen molar-refractivity contribution >= 4 is 30.8 Å². The Balaban J connectivity index is 0. The van der Waals surface area contributed by atoms with E-state index >= 15 is 0 Å². The Hall–Kier alpha value is -0.480. The first-order valence-corrected chi connectivity index (χ1v) is 4.07. The predicted molar refractivity (Wildman–Crippen MR) is 60.1 cm³/mol. The molecule has 0 saturated heterocycles. The Kier molecular flexibility index (Phi) is 8.05. The number of nitrogens with zero attached hydrogens (tertiary/aromatic N) is 1. The average Bonchev–Trinajstić information content (AvgIpc) is 2.12. The molecule has 0 spiro atoms. The standard InChI is InChI=1S/C6H6ClFN2.C2H6.H2S/c1-3-2-10-6(7)4(8)5(3)9;1-2;/h2H,1H3,(H2,9,10);1-2H3;1H2. The molecular weight excluding hydrogens is 211 g/mol. The Morgan fingerprint density at radius 2 is 1.92 bits per heavy atom. The highest BCUT2D eigenvalue weighted by Crippen LogP contribution is 2.19. The van der Waals surface area contributed by atoms with Crippen LogP contribution in [-0.4, -0.2) is 4.98 Å². The number of aryl methyl sites for hydroxylation is 1. The molecule has 0 atom stereocenters. The second-order valence-corrected chi connectivity index (χ2v) is 2.32. The summed E-state index contributed by atoms with van der Waals surface area (Å²) >= 11 is 5.32. The van der Waals surface area contributed by atoms with Gasteiger partial charge in [0.15, 0.2) is 11.0 Å². The van der Waals surface area contributed by atoms with Crippen LogP contribution in [0.1, 0.15) is 19.4 Å². The highest BCUT2D eigenvalue weighted by atomic mass is 35.5. The van der Waals surface area contributed by atoms with E-state index in [1.807, 2.05) is 13.8 Å². The Morgan fingerprint density at radius 1 is 1.46 bits per heavy atom. The number of halogens is 2. The zero-order chi connectivity index (χ0) is 9.72.